The van der Waals surface area contributed by atoms with Crippen LogP contribution in [0.15, 0.2) is 79.1 Å². The molecule has 1 aliphatic rings. The number of methoxy groups -OCH3 is 1. The number of hydrogen-bond acceptors (Lipinski definition) is 4. The Labute approximate surface area is 191 Å². The van der Waals surface area contributed by atoms with E-state index in [1.54, 1.807) is 43.6 Å². The van der Waals surface area contributed by atoms with Crippen molar-refractivity contribution in [3.63, 3.8) is 0 Å². The lowest BCUT2D eigenvalue weighted by Gasteiger charge is -2.25. The Balaban J connectivity index is 0.000000277. The van der Waals surface area contributed by atoms with Crippen LogP contribution in [0.3, 0.4) is 0 Å². The smallest absolute Gasteiger partial charge is 0.416 e. The molecule has 0 saturated heterocycles. The highest BCUT2D eigenvalue weighted by Crippen LogP contribution is 2.30. The van der Waals surface area contributed by atoms with Crippen LogP contribution in [-0.2, 0) is 0 Å². The Morgan fingerprint density at radius 3 is 2.64 bits per heavy atom. The molecule has 1 N–H and O–H groups in total. The molecule has 1 unspecified atom stereocenters. The minimum atomic E-state index is -4.29. The highest BCUT2D eigenvalue weighted by Gasteiger charge is 2.30. The quantitative estimate of drug-likeness (QED) is 0.540. The third-order valence-electron chi connectivity index (χ3n) is 4.65. The molecule has 0 saturated carbocycles. The number of amides is 1. The van der Waals surface area contributed by atoms with Crippen molar-refractivity contribution in [3.05, 3.63) is 90.3 Å². The second-order valence-electron chi connectivity index (χ2n) is 6.94. The molecule has 1 aromatic heterocycles. The number of allylic oxidation sites excluding steroid dienone is 5. The summed E-state index contributed by atoms with van der Waals surface area (Å²) in [4.78, 5) is 16.6. The first-order valence-corrected chi connectivity index (χ1v) is 10.4. The molecule has 3 rings (SSSR count). The molecule has 176 valence electrons. The van der Waals surface area contributed by atoms with Gasteiger partial charge >= 0.3 is 6.18 Å². The molecule has 1 aromatic carbocycles. The number of hydrogen-bond donors (Lipinski definition) is 1. The van der Waals surface area contributed by atoms with Crippen LogP contribution in [0.5, 0.6) is 11.5 Å². The lowest BCUT2D eigenvalue weighted by Crippen LogP contribution is -2.32. The number of carbonyl (C=O) groups is 1. The van der Waals surface area contributed by atoms with Crippen molar-refractivity contribution in [1.29, 1.82) is 0 Å². The summed E-state index contributed by atoms with van der Waals surface area (Å²) in [6.07, 6.45) is 3.70. The molecule has 1 aliphatic heterocycles. The van der Waals surface area contributed by atoms with Gasteiger partial charge in [0.15, 0.2) is 0 Å². The highest BCUT2D eigenvalue weighted by atomic mass is 19.4. The standard InChI is InChI=1S/C16H16N2O3.C9H11F3/c1-20-12-6-4-11(5-7-12)16(19)18-13-8-10-21-14-3-2-9-17-15(13)14;1-3-5-6-7-8(4-2)9(10,11)12/h2-7,9,13H,8,10H2,1H3,(H,18,19);4-7H,2-3H2,1H3/b;6-5-,8-7+. The lowest BCUT2D eigenvalue weighted by atomic mass is 10.1. The van der Waals surface area contributed by atoms with E-state index in [1.165, 1.54) is 6.08 Å². The van der Waals surface area contributed by atoms with Crippen LogP contribution in [-0.4, -0.2) is 30.8 Å². The van der Waals surface area contributed by atoms with Gasteiger partial charge in [0, 0.05) is 18.2 Å². The maximum Gasteiger partial charge on any atom is 0.416 e. The Kier molecular flexibility index (Phi) is 9.72. The van der Waals surface area contributed by atoms with Crippen LogP contribution in [0.25, 0.3) is 0 Å². The Morgan fingerprint density at radius 2 is 2.03 bits per heavy atom. The van der Waals surface area contributed by atoms with E-state index in [2.05, 4.69) is 16.9 Å². The maximum absolute atomic E-state index is 12.3. The number of fused-ring (bicyclic) bond motifs is 1. The summed E-state index contributed by atoms with van der Waals surface area (Å²) in [6.45, 7) is 5.51. The number of carbonyl (C=O) groups excluding carboxylic acids is 1. The molecule has 1 amide bonds. The van der Waals surface area contributed by atoms with Crippen LogP contribution >= 0.6 is 0 Å². The van der Waals surface area contributed by atoms with E-state index in [9.17, 15) is 18.0 Å². The van der Waals surface area contributed by atoms with Gasteiger partial charge in [-0.25, -0.2) is 0 Å². The number of aromatic nitrogens is 1. The number of benzene rings is 1. The third-order valence-corrected chi connectivity index (χ3v) is 4.65. The Bertz CT molecular complexity index is 983. The van der Waals surface area contributed by atoms with E-state index in [0.717, 1.165) is 35.8 Å². The fraction of sp³-hybridized carbons (Fsp3) is 0.280. The zero-order valence-corrected chi connectivity index (χ0v) is 18.6. The molecule has 8 heteroatoms. The molecule has 33 heavy (non-hydrogen) atoms. The molecular formula is C25H27F3N2O3. The van der Waals surface area contributed by atoms with Crippen LogP contribution in [0.1, 0.15) is 41.9 Å². The molecule has 5 nitrogen and oxygen atoms in total. The van der Waals surface area contributed by atoms with Crippen molar-refractivity contribution in [2.45, 2.75) is 32.0 Å². The minimum Gasteiger partial charge on any atom is -0.497 e. The molecule has 2 aromatic rings. The predicted octanol–water partition coefficient (Wildman–Crippen LogP) is 5.97. The second kappa shape index (κ2) is 12.5. The van der Waals surface area contributed by atoms with Gasteiger partial charge in [0.2, 0.25) is 0 Å². The first-order valence-electron chi connectivity index (χ1n) is 10.4. The van der Waals surface area contributed by atoms with E-state index in [1.807, 2.05) is 19.1 Å². The summed E-state index contributed by atoms with van der Waals surface area (Å²) >= 11 is 0. The van der Waals surface area contributed by atoms with Gasteiger partial charge in [0.25, 0.3) is 5.91 Å². The summed E-state index contributed by atoms with van der Waals surface area (Å²) < 4.78 is 46.6. The monoisotopic (exact) mass is 460 g/mol. The van der Waals surface area contributed by atoms with Crippen molar-refractivity contribution in [2.24, 2.45) is 0 Å². The summed E-state index contributed by atoms with van der Waals surface area (Å²) in [6, 6.07) is 10.6. The van der Waals surface area contributed by atoms with Crippen LogP contribution < -0.4 is 14.8 Å². The largest absolute Gasteiger partial charge is 0.497 e. The van der Waals surface area contributed by atoms with Gasteiger partial charge in [-0.05, 0) is 42.8 Å². The van der Waals surface area contributed by atoms with Gasteiger partial charge in [-0.15, -0.1) is 0 Å². The minimum absolute atomic E-state index is 0.121. The average molecular weight is 460 g/mol. The van der Waals surface area contributed by atoms with E-state index in [4.69, 9.17) is 9.47 Å². The number of halogens is 3. The molecule has 0 spiro atoms. The number of ether oxygens (including phenoxy) is 2. The highest BCUT2D eigenvalue weighted by molar-refractivity contribution is 5.94. The van der Waals surface area contributed by atoms with Gasteiger partial charge < -0.3 is 14.8 Å². The molecule has 2 heterocycles. The first kappa shape index (κ1) is 25.7. The zero-order chi connectivity index (χ0) is 24.3. The van der Waals surface area contributed by atoms with Crippen molar-refractivity contribution < 1.29 is 27.4 Å². The van der Waals surface area contributed by atoms with Gasteiger partial charge in [-0.3, -0.25) is 9.78 Å². The van der Waals surface area contributed by atoms with Crippen molar-refractivity contribution in [2.75, 3.05) is 13.7 Å². The second-order valence-corrected chi connectivity index (χ2v) is 6.94. The SMILES string of the molecule is C=C/C(=C\C=C/CC)C(F)(F)F.COc1ccc(C(=O)NC2CCOc3cccnc32)cc1. The molecule has 0 bridgehead atoms. The summed E-state index contributed by atoms with van der Waals surface area (Å²) in [5, 5.41) is 3.01. The molecule has 0 radical (unpaired) electrons. The fourth-order valence-electron chi connectivity index (χ4n) is 2.92. The molecular weight excluding hydrogens is 433 g/mol. The lowest BCUT2D eigenvalue weighted by molar-refractivity contribution is -0.0881. The maximum atomic E-state index is 12.3. The predicted molar refractivity (Wildman–Crippen MR) is 121 cm³/mol. The first-order chi connectivity index (χ1) is 15.8. The normalized spacial score (nSPS) is 15.5. The topological polar surface area (TPSA) is 60.5 Å². The fourth-order valence-corrected chi connectivity index (χ4v) is 2.92. The van der Waals surface area contributed by atoms with E-state index >= 15 is 0 Å². The Hall–Kier alpha value is -3.55. The van der Waals surface area contributed by atoms with Crippen molar-refractivity contribution in [1.82, 2.24) is 10.3 Å². The average Bonchev–Trinajstić information content (AvgIpc) is 2.82. The van der Waals surface area contributed by atoms with Crippen molar-refractivity contribution >= 4 is 5.91 Å². The van der Waals surface area contributed by atoms with Gasteiger partial charge in [-0.1, -0.05) is 37.8 Å². The van der Waals surface area contributed by atoms with Crippen LogP contribution in [0.2, 0.25) is 0 Å². The number of pyridine rings is 1. The Morgan fingerprint density at radius 1 is 1.30 bits per heavy atom. The third kappa shape index (κ3) is 7.82. The molecule has 0 fully saturated rings. The summed E-state index contributed by atoms with van der Waals surface area (Å²) in [5.41, 5.74) is 0.664. The van der Waals surface area contributed by atoms with Crippen LogP contribution in [0, 0.1) is 0 Å². The van der Waals surface area contributed by atoms with E-state index in [-0.39, 0.29) is 11.9 Å². The van der Waals surface area contributed by atoms with Gasteiger partial charge in [-0.2, -0.15) is 13.2 Å². The zero-order valence-electron chi connectivity index (χ0n) is 18.6. The number of alkyl halides is 3. The van der Waals surface area contributed by atoms with Gasteiger partial charge in [0.05, 0.1) is 25.3 Å². The molecule has 0 aliphatic carbocycles. The summed E-state index contributed by atoms with van der Waals surface area (Å²) in [5.74, 6) is 1.34. The number of rotatable bonds is 6. The van der Waals surface area contributed by atoms with Crippen molar-refractivity contribution in [3.8, 4) is 11.5 Å². The number of nitrogens with zero attached hydrogens (tertiary/aromatic N) is 1. The van der Waals surface area contributed by atoms with E-state index < -0.39 is 11.7 Å². The van der Waals surface area contributed by atoms with Gasteiger partial charge in [0.1, 0.15) is 17.2 Å². The van der Waals surface area contributed by atoms with Crippen LogP contribution in [0.4, 0.5) is 13.2 Å². The van der Waals surface area contributed by atoms with E-state index in [0.29, 0.717) is 18.6 Å². The summed E-state index contributed by atoms with van der Waals surface area (Å²) in [7, 11) is 1.60. The number of nitrogens with one attached hydrogen (secondary N) is 1. The molecule has 1 atom stereocenters.